The van der Waals surface area contributed by atoms with Crippen LogP contribution in [0.1, 0.15) is 43.6 Å². The molecule has 3 aliphatic rings. The minimum absolute atomic E-state index is 0.126. The van der Waals surface area contributed by atoms with Gasteiger partial charge in [-0.3, -0.25) is 9.78 Å². The third kappa shape index (κ3) is 2.45. The lowest BCUT2D eigenvalue weighted by molar-refractivity contribution is -0.131. The van der Waals surface area contributed by atoms with Crippen molar-refractivity contribution in [1.29, 1.82) is 0 Å². The Bertz CT molecular complexity index is 738. The first-order valence-corrected chi connectivity index (χ1v) is 10.1. The third-order valence-electron chi connectivity index (χ3n) is 5.97. The molecule has 7 heteroatoms. The van der Waals surface area contributed by atoms with Crippen molar-refractivity contribution >= 4 is 15.9 Å². The quantitative estimate of drug-likeness (QED) is 0.826. The fourth-order valence-electron chi connectivity index (χ4n) is 4.19. The van der Waals surface area contributed by atoms with Gasteiger partial charge in [-0.15, -0.1) is 0 Å². The number of amides is 1. The van der Waals surface area contributed by atoms with Gasteiger partial charge in [0.1, 0.15) is 0 Å². The molecule has 3 heterocycles. The minimum Gasteiger partial charge on any atom is -0.339 e. The van der Waals surface area contributed by atoms with Crippen LogP contribution in [-0.2, 0) is 14.8 Å². The Morgan fingerprint density at radius 2 is 1.96 bits per heavy atom. The molecule has 1 aliphatic carbocycles. The lowest BCUT2D eigenvalue weighted by atomic mass is 9.82. The second kappa shape index (κ2) is 5.52. The minimum atomic E-state index is -3.11. The van der Waals surface area contributed by atoms with E-state index in [1.807, 2.05) is 24.1 Å². The molecule has 0 radical (unpaired) electrons. The van der Waals surface area contributed by atoms with E-state index in [4.69, 9.17) is 0 Å². The standard InChI is InChI=1S/C17H23N3O3S/c1-19-16(21)15(13-3-2-8-18-12-13)11-17(19)6-9-20(10-7-17)24(22,23)14-4-5-14/h2-3,8,12,14-15H,4-7,9-11H2,1H3. The number of carbonyl (C=O) groups excluding carboxylic acids is 1. The topological polar surface area (TPSA) is 70.6 Å². The van der Waals surface area contributed by atoms with E-state index in [2.05, 4.69) is 4.98 Å². The molecule has 130 valence electrons. The maximum absolute atomic E-state index is 12.7. The van der Waals surface area contributed by atoms with Gasteiger partial charge in [0.05, 0.1) is 11.2 Å². The number of aromatic nitrogens is 1. The molecule has 1 aromatic rings. The third-order valence-corrected chi connectivity index (χ3v) is 8.37. The Morgan fingerprint density at radius 3 is 2.54 bits per heavy atom. The normalized spacial score (nSPS) is 27.8. The number of nitrogens with zero attached hydrogens (tertiary/aromatic N) is 3. The fourth-order valence-corrected chi connectivity index (χ4v) is 6.03. The van der Waals surface area contributed by atoms with Gasteiger partial charge in [-0.05, 0) is 43.7 Å². The van der Waals surface area contributed by atoms with Gasteiger partial charge in [-0.1, -0.05) is 6.07 Å². The summed E-state index contributed by atoms with van der Waals surface area (Å²) in [5.74, 6) is -0.0308. The van der Waals surface area contributed by atoms with Crippen molar-refractivity contribution in [1.82, 2.24) is 14.2 Å². The van der Waals surface area contributed by atoms with Crippen molar-refractivity contribution in [3.8, 4) is 0 Å². The molecule has 2 aliphatic heterocycles. The zero-order valence-electron chi connectivity index (χ0n) is 13.9. The zero-order chi connectivity index (χ0) is 16.9. The summed E-state index contributed by atoms with van der Waals surface area (Å²) in [5.41, 5.74) is 0.743. The average molecular weight is 349 g/mol. The molecule has 0 N–H and O–H groups in total. The Morgan fingerprint density at radius 1 is 1.25 bits per heavy atom. The van der Waals surface area contributed by atoms with Crippen molar-refractivity contribution in [3.05, 3.63) is 30.1 Å². The van der Waals surface area contributed by atoms with Crippen molar-refractivity contribution in [2.45, 2.75) is 48.8 Å². The first-order chi connectivity index (χ1) is 11.4. The van der Waals surface area contributed by atoms with Crippen LogP contribution in [0.5, 0.6) is 0 Å². The summed E-state index contributed by atoms with van der Waals surface area (Å²) in [6.07, 6.45) is 7.27. The summed E-state index contributed by atoms with van der Waals surface area (Å²) in [5, 5.41) is -0.155. The summed E-state index contributed by atoms with van der Waals surface area (Å²) in [6, 6.07) is 3.81. The molecular weight excluding hydrogens is 326 g/mol. The molecule has 0 bridgehead atoms. The molecule has 1 spiro atoms. The van der Waals surface area contributed by atoms with Crippen LogP contribution in [0.25, 0.3) is 0 Å². The van der Waals surface area contributed by atoms with Gasteiger partial charge in [-0.25, -0.2) is 12.7 Å². The maximum atomic E-state index is 12.7. The van der Waals surface area contributed by atoms with E-state index >= 15 is 0 Å². The second-order valence-corrected chi connectivity index (χ2v) is 9.52. The van der Waals surface area contributed by atoms with Crippen LogP contribution in [0, 0.1) is 0 Å². The number of likely N-dealkylation sites (N-methyl/N-ethyl adjacent to an activating group) is 1. The Labute approximate surface area is 142 Å². The predicted octanol–water partition coefficient (Wildman–Crippen LogP) is 1.35. The van der Waals surface area contributed by atoms with Gasteiger partial charge in [0.15, 0.2) is 0 Å². The molecule has 6 nitrogen and oxygen atoms in total. The molecule has 2 saturated heterocycles. The SMILES string of the molecule is CN1C(=O)C(c2cccnc2)CC12CCN(S(=O)(=O)C1CC1)CC2. The highest BCUT2D eigenvalue weighted by Crippen LogP contribution is 2.45. The highest BCUT2D eigenvalue weighted by Gasteiger charge is 2.52. The van der Waals surface area contributed by atoms with E-state index in [0.29, 0.717) is 13.1 Å². The highest BCUT2D eigenvalue weighted by molar-refractivity contribution is 7.90. The first kappa shape index (κ1) is 16.0. The number of hydrogen-bond acceptors (Lipinski definition) is 4. The fraction of sp³-hybridized carbons (Fsp3) is 0.647. The van der Waals surface area contributed by atoms with Crippen LogP contribution >= 0.6 is 0 Å². The number of likely N-dealkylation sites (tertiary alicyclic amines) is 1. The second-order valence-electron chi connectivity index (χ2n) is 7.31. The number of carbonyl (C=O) groups is 1. The zero-order valence-corrected chi connectivity index (χ0v) is 14.7. The van der Waals surface area contributed by atoms with E-state index < -0.39 is 10.0 Å². The largest absolute Gasteiger partial charge is 0.339 e. The molecular formula is C17H23N3O3S. The van der Waals surface area contributed by atoms with Gasteiger partial charge in [-0.2, -0.15) is 0 Å². The number of sulfonamides is 1. The maximum Gasteiger partial charge on any atom is 0.230 e. The van der Waals surface area contributed by atoms with Gasteiger partial charge in [0.2, 0.25) is 15.9 Å². The van der Waals surface area contributed by atoms with E-state index in [9.17, 15) is 13.2 Å². The van der Waals surface area contributed by atoms with Gasteiger partial charge < -0.3 is 4.90 Å². The molecule has 1 atom stereocenters. The van der Waals surface area contributed by atoms with Crippen LogP contribution < -0.4 is 0 Å². The molecule has 3 fully saturated rings. The summed E-state index contributed by atoms with van der Waals surface area (Å²) in [6.45, 7) is 1.05. The van der Waals surface area contributed by atoms with E-state index in [-0.39, 0.29) is 22.6 Å². The summed E-state index contributed by atoms with van der Waals surface area (Å²) < 4.78 is 26.5. The summed E-state index contributed by atoms with van der Waals surface area (Å²) in [4.78, 5) is 18.7. The Hall–Kier alpha value is -1.47. The van der Waals surface area contributed by atoms with Crippen molar-refractivity contribution in [2.75, 3.05) is 20.1 Å². The molecule has 0 aromatic carbocycles. The molecule has 1 unspecified atom stereocenters. The molecule has 1 amide bonds. The monoisotopic (exact) mass is 349 g/mol. The number of piperidine rings is 1. The van der Waals surface area contributed by atoms with Gasteiger partial charge in [0, 0.05) is 38.1 Å². The summed E-state index contributed by atoms with van der Waals surface area (Å²) >= 11 is 0. The lowest BCUT2D eigenvalue weighted by Crippen LogP contribution is -2.53. The van der Waals surface area contributed by atoms with Crippen molar-refractivity contribution < 1.29 is 13.2 Å². The van der Waals surface area contributed by atoms with Crippen LogP contribution in [-0.4, -0.2) is 59.4 Å². The number of pyridine rings is 1. The molecule has 24 heavy (non-hydrogen) atoms. The lowest BCUT2D eigenvalue weighted by Gasteiger charge is -2.43. The number of hydrogen-bond donors (Lipinski definition) is 0. The summed E-state index contributed by atoms with van der Waals surface area (Å²) in [7, 11) is -1.25. The van der Waals surface area contributed by atoms with Gasteiger partial charge >= 0.3 is 0 Å². The van der Waals surface area contributed by atoms with Crippen LogP contribution in [0.15, 0.2) is 24.5 Å². The van der Waals surface area contributed by atoms with Crippen LogP contribution in [0.2, 0.25) is 0 Å². The van der Waals surface area contributed by atoms with Crippen LogP contribution in [0.3, 0.4) is 0 Å². The molecule has 1 saturated carbocycles. The van der Waals surface area contributed by atoms with Crippen molar-refractivity contribution in [2.24, 2.45) is 0 Å². The van der Waals surface area contributed by atoms with Crippen molar-refractivity contribution in [3.63, 3.8) is 0 Å². The molecule has 1 aromatic heterocycles. The highest BCUT2D eigenvalue weighted by atomic mass is 32.2. The van der Waals surface area contributed by atoms with E-state index in [0.717, 1.165) is 37.7 Å². The van der Waals surface area contributed by atoms with E-state index in [1.165, 1.54) is 0 Å². The Kier molecular flexibility index (Phi) is 3.69. The van der Waals surface area contributed by atoms with Gasteiger partial charge in [0.25, 0.3) is 0 Å². The predicted molar refractivity (Wildman–Crippen MR) is 89.8 cm³/mol. The Balaban J connectivity index is 1.52. The number of rotatable bonds is 3. The average Bonchev–Trinajstić information content (AvgIpc) is 3.42. The van der Waals surface area contributed by atoms with Crippen LogP contribution in [0.4, 0.5) is 0 Å². The smallest absolute Gasteiger partial charge is 0.230 e. The first-order valence-electron chi connectivity index (χ1n) is 8.61. The molecule has 4 rings (SSSR count). The van der Waals surface area contributed by atoms with E-state index in [1.54, 1.807) is 16.7 Å².